The molecule has 44 heavy (non-hydrogen) atoms. The Hall–Kier alpha value is -4.77. The summed E-state index contributed by atoms with van der Waals surface area (Å²) >= 11 is 0. The molecule has 0 aliphatic rings. The third-order valence-electron chi connectivity index (χ3n) is 6.23. The Morgan fingerprint density at radius 2 is 0.750 bits per heavy atom. The molecular weight excluding hydrogens is 640 g/mol. The summed E-state index contributed by atoms with van der Waals surface area (Å²) in [5, 5.41) is -6.37. The van der Waals surface area contributed by atoms with E-state index in [0.717, 1.165) is 0 Å². The maximum atomic E-state index is 15.0. The molecular formula is C26H4BF15O2. The minimum atomic E-state index is -3.07. The SMILES string of the molecule is Fc1ccc2c(B(Oc3c(F)c(F)c(F)c(F)c3F)Oc3c(F)c(F)c(F)c4c(F)c(F)c(F)c(F)c34)ccc(F)c2c1F. The average molecular weight is 644 g/mol. The molecule has 0 aliphatic heterocycles. The van der Waals surface area contributed by atoms with Gasteiger partial charge in [-0.05, 0) is 17.5 Å². The van der Waals surface area contributed by atoms with Gasteiger partial charge in [0, 0.05) is 5.46 Å². The first-order valence-electron chi connectivity index (χ1n) is 11.3. The molecule has 5 aromatic rings. The third-order valence-corrected chi connectivity index (χ3v) is 6.23. The van der Waals surface area contributed by atoms with Gasteiger partial charge in [0.05, 0.1) is 16.2 Å². The molecule has 0 heterocycles. The van der Waals surface area contributed by atoms with Gasteiger partial charge < -0.3 is 9.31 Å². The van der Waals surface area contributed by atoms with E-state index in [1.165, 1.54) is 0 Å². The lowest BCUT2D eigenvalue weighted by Crippen LogP contribution is -2.44. The van der Waals surface area contributed by atoms with Crippen LogP contribution in [0, 0.1) is 87.3 Å². The molecule has 0 amide bonds. The Bertz CT molecular complexity index is 2010. The van der Waals surface area contributed by atoms with E-state index >= 15 is 0 Å². The van der Waals surface area contributed by atoms with Crippen LogP contribution in [0.15, 0.2) is 24.3 Å². The highest BCUT2D eigenvalue weighted by Gasteiger charge is 2.39. The molecule has 0 atom stereocenters. The Kier molecular flexibility index (Phi) is 7.49. The summed E-state index contributed by atoms with van der Waals surface area (Å²) in [5.74, 6) is -41.9. The fraction of sp³-hybridized carbons (Fsp3) is 0. The van der Waals surface area contributed by atoms with Crippen molar-refractivity contribution in [3.8, 4) is 11.5 Å². The first-order chi connectivity index (χ1) is 20.6. The molecule has 0 bridgehead atoms. The highest BCUT2D eigenvalue weighted by molar-refractivity contribution is 6.66. The first-order valence-corrected chi connectivity index (χ1v) is 11.3. The van der Waals surface area contributed by atoms with Crippen molar-refractivity contribution in [2.75, 3.05) is 0 Å². The van der Waals surface area contributed by atoms with E-state index in [4.69, 9.17) is 4.65 Å². The first kappa shape index (κ1) is 30.7. The van der Waals surface area contributed by atoms with Crippen molar-refractivity contribution in [1.29, 1.82) is 0 Å². The van der Waals surface area contributed by atoms with Crippen LogP contribution >= 0.6 is 0 Å². The van der Waals surface area contributed by atoms with E-state index in [9.17, 15) is 65.9 Å². The number of rotatable bonds is 5. The number of benzene rings is 5. The molecule has 0 aliphatic carbocycles. The van der Waals surface area contributed by atoms with E-state index in [0.29, 0.717) is 18.2 Å². The lowest BCUT2D eigenvalue weighted by molar-refractivity contribution is 0.331. The van der Waals surface area contributed by atoms with Gasteiger partial charge in [-0.3, -0.25) is 0 Å². The summed E-state index contributed by atoms with van der Waals surface area (Å²) in [6, 6.07) is 1.58. The molecule has 18 heteroatoms. The van der Waals surface area contributed by atoms with Crippen LogP contribution in [0.2, 0.25) is 0 Å². The van der Waals surface area contributed by atoms with Gasteiger partial charge >= 0.3 is 7.12 Å². The normalized spacial score (nSPS) is 11.5. The molecule has 0 unspecified atom stereocenters. The second-order valence-electron chi connectivity index (χ2n) is 8.66. The van der Waals surface area contributed by atoms with E-state index in [1.54, 1.807) is 0 Å². The van der Waals surface area contributed by atoms with Crippen LogP contribution in [0.4, 0.5) is 65.9 Å². The Balaban J connectivity index is 1.87. The van der Waals surface area contributed by atoms with E-state index in [2.05, 4.69) is 4.65 Å². The number of fused-ring (bicyclic) bond motifs is 2. The zero-order valence-corrected chi connectivity index (χ0v) is 20.4. The number of hydrogen-bond acceptors (Lipinski definition) is 2. The largest absolute Gasteiger partial charge is 0.633 e. The Labute approximate surface area is 233 Å². The predicted octanol–water partition coefficient (Wildman–Crippen LogP) is 7.93. The van der Waals surface area contributed by atoms with E-state index in [1.807, 2.05) is 0 Å². The molecule has 228 valence electrons. The predicted molar refractivity (Wildman–Crippen MR) is 120 cm³/mol. The lowest BCUT2D eigenvalue weighted by Gasteiger charge is -2.21. The van der Waals surface area contributed by atoms with E-state index in [-0.39, 0.29) is 6.07 Å². The van der Waals surface area contributed by atoms with Crippen LogP contribution in [0.25, 0.3) is 21.5 Å². The molecule has 0 saturated carbocycles. The minimum absolute atomic E-state index is 0.285. The molecule has 0 N–H and O–H groups in total. The topological polar surface area (TPSA) is 18.5 Å². The quantitative estimate of drug-likeness (QED) is 0.0838. The summed E-state index contributed by atoms with van der Waals surface area (Å²) in [5.41, 5.74) is -1.04. The van der Waals surface area contributed by atoms with Crippen LogP contribution in [0.1, 0.15) is 0 Å². The lowest BCUT2D eigenvalue weighted by atomic mass is 9.75. The second kappa shape index (κ2) is 10.7. The molecule has 0 saturated heterocycles. The summed E-state index contributed by atoms with van der Waals surface area (Å²) in [6.45, 7) is 0. The van der Waals surface area contributed by atoms with Crippen molar-refractivity contribution in [2.24, 2.45) is 0 Å². The van der Waals surface area contributed by atoms with Gasteiger partial charge in [0.1, 0.15) is 5.82 Å². The van der Waals surface area contributed by atoms with Crippen LogP contribution in [0.3, 0.4) is 0 Å². The van der Waals surface area contributed by atoms with E-state index < -0.39 is 133 Å². The standard InChI is InChI=1S/C26H4BF15O2/c28-7-4-2-6(5-1-3-8(29)12(30)9(5)7)27(44-26-23(41)20(38)19(37)21(39)24(26)42)43-25-11-10(14(32)18(36)22(25)40)13(31)16(34)17(35)15(11)33/h1-4H. The van der Waals surface area contributed by atoms with Gasteiger partial charge in [0.2, 0.25) is 34.9 Å². The highest BCUT2D eigenvalue weighted by Crippen LogP contribution is 2.40. The number of hydrogen-bond donors (Lipinski definition) is 0. The molecule has 0 radical (unpaired) electrons. The third kappa shape index (κ3) is 4.41. The second-order valence-corrected chi connectivity index (χ2v) is 8.66. The highest BCUT2D eigenvalue weighted by atomic mass is 19.2. The van der Waals surface area contributed by atoms with Crippen LogP contribution in [-0.4, -0.2) is 7.12 Å². The zero-order valence-electron chi connectivity index (χ0n) is 20.4. The van der Waals surface area contributed by atoms with Gasteiger partial charge in [-0.25, -0.2) is 52.7 Å². The van der Waals surface area contributed by atoms with Crippen LogP contribution in [-0.2, 0) is 0 Å². The zero-order chi connectivity index (χ0) is 32.5. The fourth-order valence-electron chi connectivity index (χ4n) is 4.20. The van der Waals surface area contributed by atoms with Crippen LogP contribution in [0.5, 0.6) is 11.5 Å². The van der Waals surface area contributed by atoms with Crippen molar-refractivity contribution in [1.82, 2.24) is 0 Å². The molecule has 0 fully saturated rings. The average Bonchev–Trinajstić information content (AvgIpc) is 3.00. The van der Waals surface area contributed by atoms with Gasteiger partial charge in [0.15, 0.2) is 58.0 Å². The summed E-state index contributed by atoms with van der Waals surface area (Å²) in [7, 11) is -3.07. The molecule has 2 nitrogen and oxygen atoms in total. The van der Waals surface area contributed by atoms with Crippen LogP contribution < -0.4 is 14.8 Å². The maximum absolute atomic E-state index is 15.0. The molecule has 5 rings (SSSR count). The van der Waals surface area contributed by atoms with Gasteiger partial charge in [-0.15, -0.1) is 0 Å². The number of halogens is 15. The summed E-state index contributed by atoms with van der Waals surface area (Å²) in [4.78, 5) is 0. The summed E-state index contributed by atoms with van der Waals surface area (Å²) < 4.78 is 224. The Morgan fingerprint density at radius 1 is 0.341 bits per heavy atom. The minimum Gasteiger partial charge on any atom is -0.519 e. The molecule has 5 aromatic carbocycles. The smallest absolute Gasteiger partial charge is 0.519 e. The van der Waals surface area contributed by atoms with Crippen molar-refractivity contribution in [3.05, 3.63) is 112 Å². The van der Waals surface area contributed by atoms with Gasteiger partial charge in [-0.2, -0.15) is 13.2 Å². The fourth-order valence-corrected chi connectivity index (χ4v) is 4.20. The monoisotopic (exact) mass is 644 g/mol. The summed E-state index contributed by atoms with van der Waals surface area (Å²) in [6.07, 6.45) is 0. The molecule has 0 spiro atoms. The van der Waals surface area contributed by atoms with Crippen molar-refractivity contribution in [3.63, 3.8) is 0 Å². The Morgan fingerprint density at radius 3 is 1.32 bits per heavy atom. The van der Waals surface area contributed by atoms with Crippen molar-refractivity contribution in [2.45, 2.75) is 0 Å². The van der Waals surface area contributed by atoms with Gasteiger partial charge in [0.25, 0.3) is 0 Å². The van der Waals surface area contributed by atoms with Gasteiger partial charge in [-0.1, -0.05) is 12.1 Å². The maximum Gasteiger partial charge on any atom is 0.633 e. The van der Waals surface area contributed by atoms with Crippen molar-refractivity contribution < 1.29 is 75.2 Å². The molecule has 0 aromatic heterocycles. The van der Waals surface area contributed by atoms with Crippen molar-refractivity contribution >= 4 is 34.1 Å².